The molecule has 0 fully saturated rings. The summed E-state index contributed by atoms with van der Waals surface area (Å²) in [7, 11) is 0. The number of benzene rings is 2. The first-order valence-electron chi connectivity index (χ1n) is 6.08. The molecule has 0 aliphatic rings. The quantitative estimate of drug-likeness (QED) is 0.732. The minimum atomic E-state index is 0.403. The maximum atomic E-state index is 5.94. The smallest absolute Gasteiger partial charge is 0.174 e. The third-order valence-corrected chi connectivity index (χ3v) is 2.88. The monoisotopic (exact) mass is 250 g/mol. The van der Waals surface area contributed by atoms with Gasteiger partial charge in [0.05, 0.1) is 11.0 Å². The van der Waals surface area contributed by atoms with Crippen LogP contribution < -0.4 is 11.1 Å². The third-order valence-electron chi connectivity index (χ3n) is 2.88. The van der Waals surface area contributed by atoms with Crippen molar-refractivity contribution in [3.8, 4) is 0 Å². The first-order chi connectivity index (χ1) is 9.22. The van der Waals surface area contributed by atoms with Crippen LogP contribution in [0.3, 0.4) is 0 Å². The summed E-state index contributed by atoms with van der Waals surface area (Å²) in [6.45, 7) is 2.04. The Balaban J connectivity index is 2.03. The number of rotatable bonds is 2. The topological polar surface area (TPSA) is 63.8 Å². The fourth-order valence-corrected chi connectivity index (χ4v) is 1.97. The van der Waals surface area contributed by atoms with Gasteiger partial charge in [0.2, 0.25) is 0 Å². The second kappa shape index (κ2) is 4.57. The number of para-hydroxylation sites is 2. The highest BCUT2D eigenvalue weighted by atomic mass is 15.1. The maximum absolute atomic E-state index is 5.94. The second-order valence-corrected chi connectivity index (χ2v) is 4.44. The van der Waals surface area contributed by atoms with Gasteiger partial charge in [0.1, 0.15) is 0 Å². The molecule has 4 heteroatoms. The SMILES string of the molecule is Cc1cccc(Nc2nc3ccccc3nc2N)c1. The van der Waals surface area contributed by atoms with Crippen LogP contribution in [0.4, 0.5) is 17.3 Å². The van der Waals surface area contributed by atoms with E-state index in [0.717, 1.165) is 16.7 Å². The largest absolute Gasteiger partial charge is 0.381 e. The minimum Gasteiger partial charge on any atom is -0.381 e. The molecule has 0 radical (unpaired) electrons. The van der Waals surface area contributed by atoms with Crippen molar-refractivity contribution >= 4 is 28.4 Å². The molecular formula is C15H14N4. The Morgan fingerprint density at radius 2 is 1.68 bits per heavy atom. The molecule has 3 rings (SSSR count). The standard InChI is InChI=1S/C15H14N4/c1-10-5-4-6-11(9-10)17-15-14(16)18-12-7-2-3-8-13(12)19-15/h2-9H,1H3,(H2,16,18)(H,17,19). The molecule has 0 atom stereocenters. The van der Waals surface area contributed by atoms with E-state index in [9.17, 15) is 0 Å². The summed E-state index contributed by atoms with van der Waals surface area (Å²) >= 11 is 0. The minimum absolute atomic E-state index is 0.403. The van der Waals surface area contributed by atoms with E-state index in [1.807, 2.05) is 55.5 Å². The van der Waals surface area contributed by atoms with E-state index in [1.165, 1.54) is 5.56 Å². The van der Waals surface area contributed by atoms with Gasteiger partial charge in [-0.3, -0.25) is 0 Å². The highest BCUT2D eigenvalue weighted by Gasteiger charge is 2.05. The molecule has 3 N–H and O–H groups in total. The lowest BCUT2D eigenvalue weighted by Crippen LogP contribution is -2.02. The Labute approximate surface area is 111 Å². The van der Waals surface area contributed by atoms with Gasteiger partial charge in [-0.25, -0.2) is 9.97 Å². The summed E-state index contributed by atoms with van der Waals surface area (Å²) in [5.74, 6) is 0.990. The lowest BCUT2D eigenvalue weighted by atomic mass is 10.2. The van der Waals surface area contributed by atoms with Gasteiger partial charge in [-0.2, -0.15) is 0 Å². The van der Waals surface area contributed by atoms with Gasteiger partial charge in [-0.1, -0.05) is 24.3 Å². The Bertz CT molecular complexity index is 737. The molecular weight excluding hydrogens is 236 g/mol. The first-order valence-corrected chi connectivity index (χ1v) is 6.08. The predicted octanol–water partition coefficient (Wildman–Crippen LogP) is 3.26. The van der Waals surface area contributed by atoms with Gasteiger partial charge in [0.25, 0.3) is 0 Å². The maximum Gasteiger partial charge on any atom is 0.174 e. The zero-order chi connectivity index (χ0) is 13.2. The molecule has 0 aliphatic carbocycles. The van der Waals surface area contributed by atoms with Crippen molar-refractivity contribution < 1.29 is 0 Å². The van der Waals surface area contributed by atoms with Crippen LogP contribution in [0, 0.1) is 6.92 Å². The van der Waals surface area contributed by atoms with E-state index in [-0.39, 0.29) is 0 Å². The Morgan fingerprint density at radius 1 is 0.947 bits per heavy atom. The average molecular weight is 250 g/mol. The molecule has 19 heavy (non-hydrogen) atoms. The molecule has 94 valence electrons. The highest BCUT2D eigenvalue weighted by molar-refractivity contribution is 5.80. The Morgan fingerprint density at radius 3 is 2.42 bits per heavy atom. The number of nitrogens with one attached hydrogen (secondary N) is 1. The van der Waals surface area contributed by atoms with E-state index in [1.54, 1.807) is 0 Å². The van der Waals surface area contributed by atoms with Crippen molar-refractivity contribution in [2.45, 2.75) is 6.92 Å². The molecule has 0 saturated carbocycles. The molecule has 2 aromatic carbocycles. The van der Waals surface area contributed by atoms with Gasteiger partial charge in [0.15, 0.2) is 11.6 Å². The summed E-state index contributed by atoms with van der Waals surface area (Å²) in [6.07, 6.45) is 0. The third kappa shape index (κ3) is 2.33. The van der Waals surface area contributed by atoms with Crippen molar-refractivity contribution in [3.05, 3.63) is 54.1 Å². The van der Waals surface area contributed by atoms with Crippen LogP contribution >= 0.6 is 0 Å². The second-order valence-electron chi connectivity index (χ2n) is 4.44. The lowest BCUT2D eigenvalue weighted by molar-refractivity contribution is 1.28. The van der Waals surface area contributed by atoms with E-state index in [4.69, 9.17) is 5.73 Å². The normalized spacial score (nSPS) is 10.6. The molecule has 1 heterocycles. The number of fused-ring (bicyclic) bond motifs is 1. The van der Waals surface area contributed by atoms with Crippen LogP contribution in [0.2, 0.25) is 0 Å². The van der Waals surface area contributed by atoms with Crippen LogP contribution in [0.15, 0.2) is 48.5 Å². The van der Waals surface area contributed by atoms with E-state index in [2.05, 4.69) is 15.3 Å². The first kappa shape index (κ1) is 11.5. The van der Waals surface area contributed by atoms with Crippen molar-refractivity contribution in [3.63, 3.8) is 0 Å². The fraction of sp³-hybridized carbons (Fsp3) is 0.0667. The number of anilines is 3. The number of hydrogen-bond acceptors (Lipinski definition) is 4. The van der Waals surface area contributed by atoms with Crippen molar-refractivity contribution in [1.29, 1.82) is 0 Å². The summed E-state index contributed by atoms with van der Waals surface area (Å²) in [5.41, 5.74) is 9.70. The van der Waals surface area contributed by atoms with Crippen molar-refractivity contribution in [1.82, 2.24) is 9.97 Å². The summed E-state index contributed by atoms with van der Waals surface area (Å²) in [4.78, 5) is 8.85. The number of aromatic nitrogens is 2. The van der Waals surface area contributed by atoms with Crippen molar-refractivity contribution in [2.24, 2.45) is 0 Å². The lowest BCUT2D eigenvalue weighted by Gasteiger charge is -2.09. The van der Waals surface area contributed by atoms with E-state index >= 15 is 0 Å². The van der Waals surface area contributed by atoms with Crippen LogP contribution in [-0.2, 0) is 0 Å². The molecule has 4 nitrogen and oxygen atoms in total. The molecule has 0 bridgehead atoms. The zero-order valence-corrected chi connectivity index (χ0v) is 10.6. The van der Waals surface area contributed by atoms with Gasteiger partial charge in [-0.15, -0.1) is 0 Å². The molecule has 1 aromatic heterocycles. The van der Waals surface area contributed by atoms with Gasteiger partial charge < -0.3 is 11.1 Å². The molecule has 0 spiro atoms. The van der Waals surface area contributed by atoms with Crippen LogP contribution in [-0.4, -0.2) is 9.97 Å². The summed E-state index contributed by atoms with van der Waals surface area (Å²) in [5, 5.41) is 3.21. The summed E-state index contributed by atoms with van der Waals surface area (Å²) in [6, 6.07) is 15.7. The Hall–Kier alpha value is -2.62. The van der Waals surface area contributed by atoms with Crippen LogP contribution in [0.5, 0.6) is 0 Å². The van der Waals surface area contributed by atoms with Gasteiger partial charge >= 0.3 is 0 Å². The molecule has 0 amide bonds. The average Bonchev–Trinajstić information content (AvgIpc) is 2.40. The predicted molar refractivity (Wildman–Crippen MR) is 78.4 cm³/mol. The molecule has 0 aliphatic heterocycles. The zero-order valence-electron chi connectivity index (χ0n) is 10.6. The fourth-order valence-electron chi connectivity index (χ4n) is 1.97. The summed E-state index contributed by atoms with van der Waals surface area (Å²) < 4.78 is 0. The number of nitrogen functional groups attached to an aromatic ring is 1. The van der Waals surface area contributed by atoms with Crippen molar-refractivity contribution in [2.75, 3.05) is 11.1 Å². The van der Waals surface area contributed by atoms with Gasteiger partial charge in [0, 0.05) is 5.69 Å². The number of hydrogen-bond donors (Lipinski definition) is 2. The van der Waals surface area contributed by atoms with Crippen LogP contribution in [0.1, 0.15) is 5.56 Å². The van der Waals surface area contributed by atoms with Crippen LogP contribution in [0.25, 0.3) is 11.0 Å². The number of nitrogens with zero attached hydrogens (tertiary/aromatic N) is 2. The molecule has 3 aromatic rings. The van der Waals surface area contributed by atoms with E-state index < -0.39 is 0 Å². The van der Waals surface area contributed by atoms with Gasteiger partial charge in [-0.05, 0) is 36.8 Å². The molecule has 0 saturated heterocycles. The van der Waals surface area contributed by atoms with E-state index in [0.29, 0.717) is 11.6 Å². The Kier molecular flexibility index (Phi) is 2.76. The molecule has 0 unspecified atom stereocenters. The number of aryl methyl sites for hydroxylation is 1. The number of nitrogens with two attached hydrogens (primary N) is 1. The highest BCUT2D eigenvalue weighted by Crippen LogP contribution is 2.22.